The lowest BCUT2D eigenvalue weighted by Crippen LogP contribution is -2.37. The summed E-state index contributed by atoms with van der Waals surface area (Å²) in [5.74, 6) is 3.81. The molecule has 1 fully saturated rings. The highest BCUT2D eigenvalue weighted by Crippen LogP contribution is 2.30. The maximum absolute atomic E-state index is 5.95. The summed E-state index contributed by atoms with van der Waals surface area (Å²) < 4.78 is 11.1. The van der Waals surface area contributed by atoms with E-state index in [0.29, 0.717) is 18.3 Å². The molecule has 0 amide bonds. The highest BCUT2D eigenvalue weighted by atomic mass is 127. The van der Waals surface area contributed by atoms with Crippen molar-refractivity contribution in [2.24, 2.45) is 10.9 Å². The van der Waals surface area contributed by atoms with Crippen LogP contribution in [0.4, 0.5) is 0 Å². The Bertz CT molecular complexity index is 730. The van der Waals surface area contributed by atoms with Crippen LogP contribution in [0.2, 0.25) is 0 Å². The number of hydrogen-bond donors (Lipinski definition) is 2. The molecule has 1 aliphatic carbocycles. The molecule has 0 saturated heterocycles. The molecule has 0 unspecified atom stereocenters. The fourth-order valence-electron chi connectivity index (χ4n) is 2.57. The Morgan fingerprint density at radius 2 is 2.11 bits per heavy atom. The number of hydrogen-bond acceptors (Lipinski definition) is 5. The van der Waals surface area contributed by atoms with Crippen molar-refractivity contribution in [2.45, 2.75) is 39.2 Å². The SMILES string of the molecule is CN=C(NCCCc1nc(C)no1)NCc1ccccc1OCC1CC1.I. The molecule has 2 N–H and O–H groups in total. The molecule has 3 rings (SSSR count). The number of nitrogens with zero attached hydrogens (tertiary/aromatic N) is 3. The molecular weight excluding hydrogens is 457 g/mol. The third kappa shape index (κ3) is 7.36. The summed E-state index contributed by atoms with van der Waals surface area (Å²) in [6.07, 6.45) is 4.23. The van der Waals surface area contributed by atoms with Gasteiger partial charge in [-0.05, 0) is 38.2 Å². The van der Waals surface area contributed by atoms with E-state index < -0.39 is 0 Å². The van der Waals surface area contributed by atoms with Crippen LogP contribution in [0, 0.1) is 12.8 Å². The van der Waals surface area contributed by atoms with E-state index in [0.717, 1.165) is 49.2 Å². The van der Waals surface area contributed by atoms with Gasteiger partial charge in [0.1, 0.15) is 5.75 Å². The smallest absolute Gasteiger partial charge is 0.226 e. The van der Waals surface area contributed by atoms with E-state index in [1.54, 1.807) is 7.05 Å². The molecule has 7 nitrogen and oxygen atoms in total. The number of ether oxygens (including phenoxy) is 1. The number of para-hydroxylation sites is 1. The summed E-state index contributed by atoms with van der Waals surface area (Å²) in [5, 5.41) is 10.4. The summed E-state index contributed by atoms with van der Waals surface area (Å²) in [6.45, 7) is 4.09. The number of benzene rings is 1. The monoisotopic (exact) mass is 485 g/mol. The standard InChI is InChI=1S/C19H27N5O2.HI/c1-14-23-18(26-24-14)8-5-11-21-19(20-2)22-12-16-6-3-4-7-17(16)25-13-15-9-10-15;/h3-4,6-7,15H,5,8-13H2,1-2H3,(H2,20,21,22);1H. The van der Waals surface area contributed by atoms with Crippen LogP contribution in [-0.2, 0) is 13.0 Å². The Labute approximate surface area is 177 Å². The highest BCUT2D eigenvalue weighted by Gasteiger charge is 2.22. The molecule has 148 valence electrons. The highest BCUT2D eigenvalue weighted by molar-refractivity contribution is 14.0. The number of aryl methyl sites for hydroxylation is 2. The Balaban J connectivity index is 0.00000261. The third-order valence-corrected chi connectivity index (χ3v) is 4.24. The van der Waals surface area contributed by atoms with E-state index in [4.69, 9.17) is 9.26 Å². The fourth-order valence-corrected chi connectivity index (χ4v) is 2.57. The Hall–Kier alpha value is -1.84. The van der Waals surface area contributed by atoms with E-state index >= 15 is 0 Å². The lowest BCUT2D eigenvalue weighted by molar-refractivity contribution is 0.296. The van der Waals surface area contributed by atoms with Crippen LogP contribution in [0.25, 0.3) is 0 Å². The lowest BCUT2D eigenvalue weighted by atomic mass is 10.2. The molecule has 0 spiro atoms. The van der Waals surface area contributed by atoms with Gasteiger partial charge in [-0.25, -0.2) is 0 Å². The molecule has 1 aliphatic rings. The van der Waals surface area contributed by atoms with Gasteiger partial charge in [0.2, 0.25) is 5.89 Å². The van der Waals surface area contributed by atoms with Gasteiger partial charge in [0.05, 0.1) is 6.61 Å². The number of aromatic nitrogens is 2. The number of halogens is 1. The van der Waals surface area contributed by atoms with Gasteiger partial charge in [0.25, 0.3) is 0 Å². The second kappa shape index (κ2) is 11.1. The van der Waals surface area contributed by atoms with E-state index in [1.807, 2.05) is 25.1 Å². The zero-order valence-corrected chi connectivity index (χ0v) is 18.2. The Morgan fingerprint density at radius 1 is 1.30 bits per heavy atom. The van der Waals surface area contributed by atoms with E-state index in [1.165, 1.54) is 12.8 Å². The molecule has 1 aromatic carbocycles. The van der Waals surface area contributed by atoms with Crippen molar-refractivity contribution in [3.05, 3.63) is 41.5 Å². The minimum atomic E-state index is 0. The first kappa shape index (κ1) is 21.5. The molecule has 27 heavy (non-hydrogen) atoms. The summed E-state index contributed by atoms with van der Waals surface area (Å²) in [4.78, 5) is 8.47. The quantitative estimate of drug-likeness (QED) is 0.246. The van der Waals surface area contributed by atoms with Crippen LogP contribution < -0.4 is 15.4 Å². The Morgan fingerprint density at radius 3 is 2.81 bits per heavy atom. The molecule has 2 aromatic rings. The van der Waals surface area contributed by atoms with Gasteiger partial charge < -0.3 is 19.9 Å². The summed E-state index contributed by atoms with van der Waals surface area (Å²) >= 11 is 0. The van der Waals surface area contributed by atoms with Gasteiger partial charge in [0, 0.05) is 32.1 Å². The second-order valence-electron chi connectivity index (χ2n) is 6.55. The van der Waals surface area contributed by atoms with Crippen molar-refractivity contribution in [3.8, 4) is 5.75 Å². The second-order valence-corrected chi connectivity index (χ2v) is 6.55. The van der Waals surface area contributed by atoms with Crippen molar-refractivity contribution >= 4 is 29.9 Å². The van der Waals surface area contributed by atoms with Gasteiger partial charge in [-0.2, -0.15) is 4.98 Å². The van der Waals surface area contributed by atoms with E-state index in [9.17, 15) is 0 Å². The predicted molar refractivity (Wildman–Crippen MR) is 116 cm³/mol. The first-order valence-electron chi connectivity index (χ1n) is 9.19. The fraction of sp³-hybridized carbons (Fsp3) is 0.526. The molecule has 1 heterocycles. The number of nitrogens with one attached hydrogen (secondary N) is 2. The normalized spacial score (nSPS) is 13.8. The van der Waals surface area contributed by atoms with Crippen LogP contribution in [0.1, 0.15) is 36.5 Å². The van der Waals surface area contributed by atoms with Gasteiger partial charge in [-0.1, -0.05) is 23.4 Å². The van der Waals surface area contributed by atoms with Gasteiger partial charge in [-0.15, -0.1) is 24.0 Å². The first-order chi connectivity index (χ1) is 12.7. The molecule has 1 aromatic heterocycles. The first-order valence-corrected chi connectivity index (χ1v) is 9.19. The Kier molecular flexibility index (Phi) is 8.83. The number of guanidine groups is 1. The third-order valence-electron chi connectivity index (χ3n) is 4.24. The molecule has 8 heteroatoms. The van der Waals surface area contributed by atoms with Gasteiger partial charge >= 0.3 is 0 Å². The van der Waals surface area contributed by atoms with Crippen molar-refractivity contribution < 1.29 is 9.26 Å². The van der Waals surface area contributed by atoms with Crippen LogP contribution in [-0.4, -0.2) is 36.3 Å². The van der Waals surface area contributed by atoms with Crippen LogP contribution in [0.3, 0.4) is 0 Å². The maximum atomic E-state index is 5.95. The average Bonchev–Trinajstić information content (AvgIpc) is 3.40. The minimum absolute atomic E-state index is 0. The zero-order chi connectivity index (χ0) is 18.2. The largest absolute Gasteiger partial charge is 0.493 e. The molecule has 0 radical (unpaired) electrons. The molecular formula is C19H28IN5O2. The minimum Gasteiger partial charge on any atom is -0.493 e. The maximum Gasteiger partial charge on any atom is 0.226 e. The van der Waals surface area contributed by atoms with Crippen LogP contribution >= 0.6 is 24.0 Å². The molecule has 1 saturated carbocycles. The van der Waals surface area contributed by atoms with Gasteiger partial charge in [-0.3, -0.25) is 4.99 Å². The van der Waals surface area contributed by atoms with E-state index in [2.05, 4.69) is 31.8 Å². The molecule has 0 aliphatic heterocycles. The topological polar surface area (TPSA) is 84.6 Å². The van der Waals surface area contributed by atoms with Gasteiger partial charge in [0.15, 0.2) is 11.8 Å². The molecule has 0 atom stereocenters. The summed E-state index contributed by atoms with van der Waals surface area (Å²) in [7, 11) is 1.77. The zero-order valence-electron chi connectivity index (χ0n) is 15.9. The van der Waals surface area contributed by atoms with Crippen molar-refractivity contribution in [1.29, 1.82) is 0 Å². The summed E-state index contributed by atoms with van der Waals surface area (Å²) in [6, 6.07) is 8.16. The van der Waals surface area contributed by atoms with Crippen molar-refractivity contribution in [1.82, 2.24) is 20.8 Å². The van der Waals surface area contributed by atoms with Crippen molar-refractivity contribution in [2.75, 3.05) is 20.2 Å². The van der Waals surface area contributed by atoms with Crippen molar-refractivity contribution in [3.63, 3.8) is 0 Å². The number of rotatable bonds is 9. The van der Waals surface area contributed by atoms with E-state index in [-0.39, 0.29) is 24.0 Å². The van der Waals surface area contributed by atoms with Crippen LogP contribution in [0.15, 0.2) is 33.8 Å². The van der Waals surface area contributed by atoms with Crippen LogP contribution in [0.5, 0.6) is 5.75 Å². The lowest BCUT2D eigenvalue weighted by Gasteiger charge is -2.14. The average molecular weight is 485 g/mol. The summed E-state index contributed by atoms with van der Waals surface area (Å²) in [5.41, 5.74) is 1.14. The predicted octanol–water partition coefficient (Wildman–Crippen LogP) is 3.08. The molecule has 0 bridgehead atoms. The number of aliphatic imine (C=N–C) groups is 1.